The number of aromatic amines is 1. The van der Waals surface area contributed by atoms with Crippen LogP contribution in [0.15, 0.2) is 65.5 Å². The van der Waals surface area contributed by atoms with Gasteiger partial charge in [-0.3, -0.25) is 9.13 Å². The molecule has 4 aromatic heterocycles. The number of carbonyl (C=O) groups excluding carboxylic acids is 1. The summed E-state index contributed by atoms with van der Waals surface area (Å²) in [5.41, 5.74) is 15.1. The Morgan fingerprint density at radius 3 is 1.87 bits per heavy atom. The Morgan fingerprint density at radius 1 is 0.691 bits per heavy atom. The fourth-order valence-electron chi connectivity index (χ4n) is 5.26. The zero-order chi connectivity index (χ0) is 39.0. The Kier molecular flexibility index (Phi) is 14.7. The van der Waals surface area contributed by atoms with Gasteiger partial charge in [0.1, 0.15) is 18.7 Å². The lowest BCUT2D eigenvalue weighted by Gasteiger charge is -2.10. The van der Waals surface area contributed by atoms with Gasteiger partial charge in [-0.05, 0) is 17.5 Å². The minimum absolute atomic E-state index is 0.0254. The molecule has 0 atom stereocenters. The van der Waals surface area contributed by atoms with Gasteiger partial charge in [-0.2, -0.15) is 24.9 Å². The van der Waals surface area contributed by atoms with Crippen molar-refractivity contribution in [1.29, 1.82) is 0 Å². The monoisotopic (exact) mass is 758 g/mol. The van der Waals surface area contributed by atoms with Crippen molar-refractivity contribution in [3.8, 4) is 18.0 Å². The van der Waals surface area contributed by atoms with Gasteiger partial charge in [0.15, 0.2) is 28.4 Å². The number of nitrogens with one attached hydrogen (secondary N) is 1. The predicted octanol–water partition coefficient (Wildman–Crippen LogP) is 4.35. The van der Waals surface area contributed by atoms with E-state index in [1.54, 1.807) is 18.8 Å². The maximum Gasteiger partial charge on any atom is 0.516 e. The van der Waals surface area contributed by atoms with E-state index >= 15 is 0 Å². The molecule has 0 aliphatic rings. The van der Waals surface area contributed by atoms with Crippen LogP contribution < -0.4 is 31.4 Å². The number of nitrogen functional groups attached to an aromatic ring is 2. The molecule has 0 spiro atoms. The predicted molar refractivity (Wildman–Crippen MR) is 204 cm³/mol. The van der Waals surface area contributed by atoms with E-state index in [1.165, 1.54) is 4.57 Å². The first-order valence-corrected chi connectivity index (χ1v) is 17.8. The summed E-state index contributed by atoms with van der Waals surface area (Å²) < 4.78 is 34.6. The van der Waals surface area contributed by atoms with E-state index < -0.39 is 6.16 Å². The SMILES string of the molecule is CCCCCCOC(=O)Oc1nc2c(N)nc(OCCOC)nc2n1Cc1ccccc1.COCCOc1nc(N)c2[nH]c(=O)n(Cc3ccccc3)c2n1. The van der Waals surface area contributed by atoms with E-state index in [4.69, 9.17) is 39.9 Å². The van der Waals surface area contributed by atoms with Crippen LogP contribution >= 0.6 is 0 Å². The van der Waals surface area contributed by atoms with E-state index in [2.05, 4.69) is 36.8 Å². The van der Waals surface area contributed by atoms with Crippen LogP contribution in [0.25, 0.3) is 22.3 Å². The summed E-state index contributed by atoms with van der Waals surface area (Å²) in [6, 6.07) is 19.5. The van der Waals surface area contributed by atoms with Gasteiger partial charge in [-0.25, -0.2) is 9.59 Å². The Labute approximate surface area is 316 Å². The van der Waals surface area contributed by atoms with E-state index in [0.29, 0.717) is 55.2 Å². The van der Waals surface area contributed by atoms with Gasteiger partial charge in [-0.1, -0.05) is 86.8 Å². The third-order valence-electron chi connectivity index (χ3n) is 7.99. The second kappa shape index (κ2) is 20.3. The molecule has 55 heavy (non-hydrogen) atoms. The molecule has 292 valence electrons. The van der Waals surface area contributed by atoms with Gasteiger partial charge in [0, 0.05) is 14.2 Å². The first kappa shape index (κ1) is 39.9. The van der Waals surface area contributed by atoms with E-state index in [0.717, 1.165) is 36.8 Å². The second-order valence-electron chi connectivity index (χ2n) is 12.1. The number of nitrogens with two attached hydrogens (primary N) is 2. The number of nitrogens with zero attached hydrogens (tertiary/aromatic N) is 7. The van der Waals surface area contributed by atoms with Crippen molar-refractivity contribution in [3.63, 3.8) is 0 Å². The number of hydrogen-bond acceptors (Lipinski definition) is 15. The smallest absolute Gasteiger partial charge is 0.461 e. The summed E-state index contributed by atoms with van der Waals surface area (Å²) in [5.74, 6) is 0.290. The highest BCUT2D eigenvalue weighted by atomic mass is 16.7. The molecule has 0 unspecified atom stereocenters. The van der Waals surface area contributed by atoms with Gasteiger partial charge in [0.05, 0.1) is 32.9 Å². The van der Waals surface area contributed by atoms with Gasteiger partial charge in [0.2, 0.25) is 0 Å². The number of H-pyrrole nitrogens is 1. The lowest BCUT2D eigenvalue weighted by molar-refractivity contribution is 0.0929. The molecule has 6 aromatic rings. The van der Waals surface area contributed by atoms with Gasteiger partial charge < -0.3 is 44.9 Å². The molecule has 0 saturated heterocycles. The average Bonchev–Trinajstić information content (AvgIpc) is 3.69. The molecule has 0 aliphatic carbocycles. The number of fused-ring (bicyclic) bond motifs is 2. The number of benzene rings is 2. The van der Waals surface area contributed by atoms with Crippen LogP contribution in [0.1, 0.15) is 43.7 Å². The third-order valence-corrected chi connectivity index (χ3v) is 7.99. The molecular weight excluding hydrogens is 712 g/mol. The topological polar surface area (TPSA) is 232 Å². The Balaban J connectivity index is 0.000000222. The van der Waals surface area contributed by atoms with E-state index in [9.17, 15) is 9.59 Å². The van der Waals surface area contributed by atoms with Crippen molar-refractivity contribution in [1.82, 2.24) is 39.0 Å². The van der Waals surface area contributed by atoms with Crippen molar-refractivity contribution in [2.75, 3.05) is 58.7 Å². The molecule has 0 fully saturated rings. The first-order chi connectivity index (χ1) is 26.8. The normalized spacial score (nSPS) is 11.0. The van der Waals surface area contributed by atoms with E-state index in [-0.39, 0.29) is 48.6 Å². The fourth-order valence-corrected chi connectivity index (χ4v) is 5.26. The van der Waals surface area contributed by atoms with E-state index in [1.807, 2.05) is 60.7 Å². The Morgan fingerprint density at radius 2 is 1.27 bits per heavy atom. The first-order valence-electron chi connectivity index (χ1n) is 17.8. The zero-order valence-corrected chi connectivity index (χ0v) is 31.1. The molecule has 0 saturated carbocycles. The maximum absolute atomic E-state index is 12.2. The number of rotatable bonds is 18. The van der Waals surface area contributed by atoms with Crippen LogP contribution in [0.3, 0.4) is 0 Å². The molecule has 18 heteroatoms. The largest absolute Gasteiger partial charge is 0.516 e. The number of imidazole rings is 2. The quantitative estimate of drug-likeness (QED) is 0.0817. The number of ether oxygens (including phenoxy) is 6. The van der Waals surface area contributed by atoms with Crippen molar-refractivity contribution in [2.24, 2.45) is 0 Å². The molecule has 5 N–H and O–H groups in total. The Hall–Kier alpha value is -6.27. The van der Waals surface area contributed by atoms with Gasteiger partial charge in [-0.15, -0.1) is 0 Å². The van der Waals surface area contributed by atoms with Crippen LogP contribution in [0, 0.1) is 0 Å². The van der Waals surface area contributed by atoms with Crippen LogP contribution in [0.5, 0.6) is 18.0 Å². The van der Waals surface area contributed by atoms with Crippen LogP contribution in [0.4, 0.5) is 16.4 Å². The molecular formula is C37H46N10O8. The average molecular weight is 759 g/mol. The second-order valence-corrected chi connectivity index (χ2v) is 12.1. The number of unbranched alkanes of at least 4 members (excludes halogenated alkanes) is 3. The summed E-state index contributed by atoms with van der Waals surface area (Å²) in [6.45, 7) is 4.50. The highest BCUT2D eigenvalue weighted by Crippen LogP contribution is 2.27. The van der Waals surface area contributed by atoms with Crippen molar-refractivity contribution < 1.29 is 33.2 Å². The van der Waals surface area contributed by atoms with Gasteiger partial charge >= 0.3 is 29.9 Å². The number of aromatic nitrogens is 8. The summed E-state index contributed by atoms with van der Waals surface area (Å²) in [6.07, 6.45) is 3.15. The highest BCUT2D eigenvalue weighted by Gasteiger charge is 2.22. The number of anilines is 2. The summed E-state index contributed by atoms with van der Waals surface area (Å²) >= 11 is 0. The molecule has 0 bridgehead atoms. The number of methoxy groups -OCH3 is 2. The van der Waals surface area contributed by atoms with Crippen molar-refractivity contribution in [3.05, 3.63) is 82.3 Å². The van der Waals surface area contributed by atoms with Crippen LogP contribution in [-0.2, 0) is 27.3 Å². The van der Waals surface area contributed by atoms with Crippen molar-refractivity contribution >= 4 is 40.1 Å². The van der Waals surface area contributed by atoms with Crippen LogP contribution in [0.2, 0.25) is 0 Å². The lowest BCUT2D eigenvalue weighted by atomic mass is 10.2. The van der Waals surface area contributed by atoms with Crippen molar-refractivity contribution in [2.45, 2.75) is 45.7 Å². The standard InChI is InChI=1S/C22H29N5O5.C15H17N5O3/c1-3-4-5-9-12-31-22(28)32-21-24-17-18(23)25-20(30-14-13-29-2)26-19(17)27(21)15-16-10-7-6-8-11-16;1-22-7-8-23-14-18-12(16)11-13(19-14)20(15(21)17-11)9-10-5-3-2-4-6-10/h6-8,10-11H,3-5,9,12-15H2,1-2H3,(H2,23,25,26);2-6H,7-9H2,1H3,(H,17,21)(H2,16,18,19). The molecule has 2 aromatic carbocycles. The molecule has 4 heterocycles. The summed E-state index contributed by atoms with van der Waals surface area (Å²) in [4.78, 5) is 48.4. The number of hydrogen-bond donors (Lipinski definition) is 3. The highest BCUT2D eigenvalue weighted by molar-refractivity contribution is 5.84. The Bertz CT molecular complexity index is 2170. The fraction of sp³-hybridized carbons (Fsp3) is 0.378. The number of carbonyl (C=O) groups is 1. The summed E-state index contributed by atoms with van der Waals surface area (Å²) in [7, 11) is 3.15. The van der Waals surface area contributed by atoms with Crippen LogP contribution in [-0.4, -0.2) is 92.4 Å². The molecule has 0 amide bonds. The van der Waals surface area contributed by atoms with Gasteiger partial charge in [0.25, 0.3) is 0 Å². The minimum atomic E-state index is -0.825. The maximum atomic E-state index is 12.2. The minimum Gasteiger partial charge on any atom is -0.461 e. The zero-order valence-electron chi connectivity index (χ0n) is 31.1. The molecule has 18 nitrogen and oxygen atoms in total. The molecule has 0 radical (unpaired) electrons. The summed E-state index contributed by atoms with van der Waals surface area (Å²) in [5, 5.41) is 0. The lowest BCUT2D eigenvalue weighted by Crippen LogP contribution is -2.17. The molecule has 6 rings (SSSR count). The molecule has 0 aliphatic heterocycles. The third kappa shape index (κ3) is 11.1.